The van der Waals surface area contributed by atoms with Crippen LogP contribution in [0.15, 0.2) is 54.6 Å². The van der Waals surface area contributed by atoms with Gasteiger partial charge in [-0.05, 0) is 48.7 Å². The van der Waals surface area contributed by atoms with Gasteiger partial charge in [-0.1, -0.05) is 37.3 Å². The average Bonchev–Trinajstić information content (AvgIpc) is 3.39. The van der Waals surface area contributed by atoms with E-state index in [9.17, 15) is 9.59 Å². The largest absolute Gasteiger partial charge is 0.495 e. The Balaban J connectivity index is 1.37. The number of carbonyl (C=O) groups is 2. The second-order valence-electron chi connectivity index (χ2n) is 8.65. The van der Waals surface area contributed by atoms with Crippen LogP contribution in [0.2, 0.25) is 0 Å². The third-order valence-corrected chi connectivity index (χ3v) is 6.49. The summed E-state index contributed by atoms with van der Waals surface area (Å²) in [6, 6.07) is 18.0. The summed E-state index contributed by atoms with van der Waals surface area (Å²) < 4.78 is 5.44. The molecule has 2 amide bonds. The van der Waals surface area contributed by atoms with Crippen molar-refractivity contribution in [2.75, 3.05) is 23.9 Å². The number of hydrogen-bond donors (Lipinski definition) is 2. The summed E-state index contributed by atoms with van der Waals surface area (Å²) in [5, 5.41) is 5.33. The molecule has 4 aromatic rings. The molecular formula is C27H27N3O3. The molecule has 0 bridgehead atoms. The average molecular weight is 442 g/mol. The highest BCUT2D eigenvalue weighted by Gasteiger charge is 2.36. The number of methoxy groups -OCH3 is 1. The number of nitrogens with zero attached hydrogens (tertiary/aromatic N) is 1. The number of benzene rings is 3. The molecule has 168 valence electrons. The summed E-state index contributed by atoms with van der Waals surface area (Å²) in [7, 11) is 1.59. The Morgan fingerprint density at radius 1 is 1.15 bits per heavy atom. The zero-order valence-electron chi connectivity index (χ0n) is 19.1. The summed E-state index contributed by atoms with van der Waals surface area (Å²) in [4.78, 5) is 30.9. The number of aromatic nitrogens is 1. The topological polar surface area (TPSA) is 74.4 Å². The zero-order valence-corrected chi connectivity index (χ0v) is 19.1. The van der Waals surface area contributed by atoms with Crippen molar-refractivity contribution in [2.45, 2.75) is 26.7 Å². The lowest BCUT2D eigenvalue weighted by Gasteiger charge is -2.20. The number of ether oxygens (including phenoxy) is 1. The molecule has 33 heavy (non-hydrogen) atoms. The third kappa shape index (κ3) is 3.71. The van der Waals surface area contributed by atoms with Crippen molar-refractivity contribution in [1.29, 1.82) is 0 Å². The van der Waals surface area contributed by atoms with Crippen LogP contribution in [0.4, 0.5) is 11.4 Å². The molecule has 6 nitrogen and oxygen atoms in total. The smallest absolute Gasteiger partial charge is 0.229 e. The predicted octanol–water partition coefficient (Wildman–Crippen LogP) is 5.19. The standard InChI is InChI=1S/C27H27N3O3/c1-4-17-6-5-7-21-20-10-9-19(14-22(20)29-26(17)21)28-27(32)18-13-25(31)30(15-18)23-12-16(2)8-11-24(23)33-3/h5-12,14,18,29H,4,13,15H2,1-3H3,(H,28,32). The molecule has 1 aliphatic heterocycles. The van der Waals surface area contributed by atoms with Crippen LogP contribution >= 0.6 is 0 Å². The molecule has 0 saturated carbocycles. The van der Waals surface area contributed by atoms with Crippen LogP contribution in [0.25, 0.3) is 21.8 Å². The molecule has 3 aromatic carbocycles. The first-order chi connectivity index (χ1) is 16.0. The Morgan fingerprint density at radius 3 is 2.79 bits per heavy atom. The van der Waals surface area contributed by atoms with Crippen molar-refractivity contribution in [2.24, 2.45) is 5.92 Å². The summed E-state index contributed by atoms with van der Waals surface area (Å²) in [6.07, 6.45) is 1.13. The summed E-state index contributed by atoms with van der Waals surface area (Å²) in [5.74, 6) is -0.0158. The molecule has 5 rings (SSSR count). The van der Waals surface area contributed by atoms with Crippen molar-refractivity contribution in [1.82, 2.24) is 4.98 Å². The maximum Gasteiger partial charge on any atom is 0.229 e. The highest BCUT2D eigenvalue weighted by molar-refractivity contribution is 6.10. The van der Waals surface area contributed by atoms with Crippen LogP contribution in [0.1, 0.15) is 24.5 Å². The maximum atomic E-state index is 13.0. The SMILES string of the molecule is CCc1cccc2c1[nH]c1cc(NC(=O)C3CC(=O)N(c4cc(C)ccc4OC)C3)ccc12. The molecule has 1 fully saturated rings. The lowest BCUT2D eigenvalue weighted by atomic mass is 10.1. The van der Waals surface area contributed by atoms with Crippen LogP contribution in [0, 0.1) is 12.8 Å². The minimum atomic E-state index is -0.423. The number of rotatable bonds is 5. The number of aromatic amines is 1. The van der Waals surface area contributed by atoms with Gasteiger partial charge in [0, 0.05) is 40.5 Å². The van der Waals surface area contributed by atoms with Gasteiger partial charge in [0.1, 0.15) is 5.75 Å². The number of para-hydroxylation sites is 1. The Labute approximate surface area is 192 Å². The molecular weight excluding hydrogens is 414 g/mol. The van der Waals surface area contributed by atoms with Crippen LogP contribution in [-0.2, 0) is 16.0 Å². The van der Waals surface area contributed by atoms with Gasteiger partial charge in [0.25, 0.3) is 0 Å². The highest BCUT2D eigenvalue weighted by atomic mass is 16.5. The van der Waals surface area contributed by atoms with Gasteiger partial charge in [0.05, 0.1) is 18.7 Å². The van der Waals surface area contributed by atoms with E-state index in [1.165, 1.54) is 10.9 Å². The third-order valence-electron chi connectivity index (χ3n) is 6.49. The molecule has 0 aliphatic carbocycles. The molecule has 1 atom stereocenters. The molecule has 0 spiro atoms. The molecule has 1 aromatic heterocycles. The van der Waals surface area contributed by atoms with E-state index in [4.69, 9.17) is 4.74 Å². The van der Waals surface area contributed by atoms with E-state index >= 15 is 0 Å². The second-order valence-corrected chi connectivity index (χ2v) is 8.65. The number of nitrogens with one attached hydrogen (secondary N) is 2. The monoisotopic (exact) mass is 441 g/mol. The summed E-state index contributed by atoms with van der Waals surface area (Å²) in [6.45, 7) is 4.45. The van der Waals surface area contributed by atoms with Gasteiger partial charge in [-0.15, -0.1) is 0 Å². The minimum absolute atomic E-state index is 0.0720. The van der Waals surface area contributed by atoms with Crippen molar-refractivity contribution in [3.63, 3.8) is 0 Å². The van der Waals surface area contributed by atoms with Gasteiger partial charge in [-0.2, -0.15) is 0 Å². The summed E-state index contributed by atoms with van der Waals surface area (Å²) in [5.41, 5.74) is 5.86. The number of H-pyrrole nitrogens is 1. The fraction of sp³-hybridized carbons (Fsp3) is 0.259. The quantitative estimate of drug-likeness (QED) is 0.447. The number of hydrogen-bond acceptors (Lipinski definition) is 3. The van der Waals surface area contributed by atoms with Crippen molar-refractivity contribution in [3.05, 3.63) is 65.7 Å². The zero-order chi connectivity index (χ0) is 23.1. The van der Waals surface area contributed by atoms with Gasteiger partial charge >= 0.3 is 0 Å². The first-order valence-corrected chi connectivity index (χ1v) is 11.3. The molecule has 6 heteroatoms. The number of aryl methyl sites for hydroxylation is 2. The lowest BCUT2D eigenvalue weighted by Crippen LogP contribution is -2.28. The van der Waals surface area contributed by atoms with E-state index < -0.39 is 5.92 Å². The Morgan fingerprint density at radius 2 is 2.00 bits per heavy atom. The summed E-state index contributed by atoms with van der Waals surface area (Å²) >= 11 is 0. The van der Waals surface area contributed by atoms with E-state index in [0.29, 0.717) is 18.0 Å². The van der Waals surface area contributed by atoms with Gasteiger partial charge in [0.2, 0.25) is 11.8 Å². The van der Waals surface area contributed by atoms with E-state index in [0.717, 1.165) is 34.1 Å². The Hall–Kier alpha value is -3.80. The Kier molecular flexibility index (Phi) is 5.29. The number of fused-ring (bicyclic) bond motifs is 3. The first-order valence-electron chi connectivity index (χ1n) is 11.3. The fourth-order valence-corrected chi connectivity index (χ4v) is 4.73. The second kappa shape index (κ2) is 8.28. The minimum Gasteiger partial charge on any atom is -0.495 e. The number of anilines is 2. The van der Waals surface area contributed by atoms with Crippen LogP contribution in [0.3, 0.4) is 0 Å². The van der Waals surface area contributed by atoms with Gasteiger partial charge in [-0.25, -0.2) is 0 Å². The molecule has 0 radical (unpaired) electrons. The molecule has 1 saturated heterocycles. The molecule has 1 unspecified atom stereocenters. The van der Waals surface area contributed by atoms with Crippen LogP contribution in [0.5, 0.6) is 5.75 Å². The van der Waals surface area contributed by atoms with Crippen molar-refractivity contribution >= 4 is 45.0 Å². The van der Waals surface area contributed by atoms with Gasteiger partial charge in [-0.3, -0.25) is 9.59 Å². The molecule has 1 aliphatic rings. The van der Waals surface area contributed by atoms with E-state index in [1.807, 2.05) is 43.3 Å². The highest BCUT2D eigenvalue weighted by Crippen LogP contribution is 2.35. The van der Waals surface area contributed by atoms with E-state index in [-0.39, 0.29) is 18.2 Å². The van der Waals surface area contributed by atoms with Crippen LogP contribution in [-0.4, -0.2) is 30.5 Å². The van der Waals surface area contributed by atoms with Crippen molar-refractivity contribution in [3.8, 4) is 5.75 Å². The fourth-order valence-electron chi connectivity index (χ4n) is 4.73. The molecule has 2 heterocycles. The van der Waals surface area contributed by atoms with Crippen molar-refractivity contribution < 1.29 is 14.3 Å². The van der Waals surface area contributed by atoms with Gasteiger partial charge < -0.3 is 19.9 Å². The predicted molar refractivity (Wildman–Crippen MR) is 132 cm³/mol. The van der Waals surface area contributed by atoms with Crippen LogP contribution < -0.4 is 15.0 Å². The lowest BCUT2D eigenvalue weighted by molar-refractivity contribution is -0.122. The normalized spacial score (nSPS) is 16.0. The van der Waals surface area contributed by atoms with E-state index in [2.05, 4.69) is 35.4 Å². The number of amides is 2. The number of carbonyl (C=O) groups excluding carboxylic acids is 2. The maximum absolute atomic E-state index is 13.0. The first kappa shape index (κ1) is 21.1. The molecule has 2 N–H and O–H groups in total. The van der Waals surface area contributed by atoms with Gasteiger partial charge in [0.15, 0.2) is 0 Å². The van der Waals surface area contributed by atoms with E-state index in [1.54, 1.807) is 12.0 Å². The Bertz CT molecular complexity index is 1390.